The van der Waals surface area contributed by atoms with Gasteiger partial charge < -0.3 is 14.7 Å². The highest BCUT2D eigenvalue weighted by Crippen LogP contribution is 2.32. The van der Waals surface area contributed by atoms with Gasteiger partial charge in [0.2, 0.25) is 0 Å². The molecule has 8 nitrogen and oxygen atoms in total. The van der Waals surface area contributed by atoms with Crippen molar-refractivity contribution in [2.75, 3.05) is 0 Å². The predicted molar refractivity (Wildman–Crippen MR) is 88.8 cm³/mol. The summed E-state index contributed by atoms with van der Waals surface area (Å²) in [6.45, 7) is 4.05. The smallest absolute Gasteiger partial charge is 0.357 e. The number of imidazole rings is 2. The zero-order valence-electron chi connectivity index (χ0n) is 13.1. The summed E-state index contributed by atoms with van der Waals surface area (Å²) < 4.78 is 3.31. The molecule has 0 saturated carbocycles. The van der Waals surface area contributed by atoms with Crippen LogP contribution in [0.1, 0.15) is 19.9 Å². The average molecular weight is 322 g/mol. The van der Waals surface area contributed by atoms with E-state index >= 15 is 0 Å². The average Bonchev–Trinajstić information content (AvgIpc) is 3.16. The van der Waals surface area contributed by atoms with Crippen LogP contribution in [0.25, 0.3) is 28.1 Å². The molecule has 0 radical (unpaired) electrons. The summed E-state index contributed by atoms with van der Waals surface area (Å²) >= 11 is 0. The van der Waals surface area contributed by atoms with E-state index in [2.05, 4.69) is 15.0 Å². The molecule has 0 saturated heterocycles. The SMILES string of the molecule is CC(C)n1cnc2c1ncn1c([N+](=O)[O-])c(-c3ccccc3)nc21. The highest BCUT2D eigenvalue weighted by atomic mass is 16.6. The van der Waals surface area contributed by atoms with Gasteiger partial charge in [-0.05, 0) is 18.8 Å². The Morgan fingerprint density at radius 3 is 2.50 bits per heavy atom. The number of hydrogen-bond donors (Lipinski definition) is 0. The molecule has 0 aliphatic carbocycles. The van der Waals surface area contributed by atoms with Crippen molar-refractivity contribution in [3.05, 3.63) is 53.1 Å². The van der Waals surface area contributed by atoms with Crippen molar-refractivity contribution < 1.29 is 4.92 Å². The Labute approximate surface area is 136 Å². The lowest BCUT2D eigenvalue weighted by atomic mass is 10.1. The van der Waals surface area contributed by atoms with Gasteiger partial charge in [0.1, 0.15) is 0 Å². The Bertz CT molecular complexity index is 1060. The van der Waals surface area contributed by atoms with Crippen LogP contribution in [0.3, 0.4) is 0 Å². The monoisotopic (exact) mass is 322 g/mol. The summed E-state index contributed by atoms with van der Waals surface area (Å²) in [5, 5.41) is 11.6. The standard InChI is InChI=1S/C16H14N6O2/c1-10(2)20-8-17-13-14(20)18-9-21-15(13)19-12(16(21)22(23)24)11-6-4-3-5-7-11/h3-10H,1-2H3. The van der Waals surface area contributed by atoms with E-state index in [-0.39, 0.29) is 11.9 Å². The fraction of sp³-hybridized carbons (Fsp3) is 0.188. The molecule has 1 aromatic carbocycles. The van der Waals surface area contributed by atoms with Gasteiger partial charge in [-0.15, -0.1) is 0 Å². The zero-order valence-corrected chi connectivity index (χ0v) is 13.1. The third-order valence-corrected chi connectivity index (χ3v) is 3.94. The van der Waals surface area contributed by atoms with E-state index in [9.17, 15) is 10.1 Å². The van der Waals surface area contributed by atoms with Gasteiger partial charge in [-0.3, -0.25) is 0 Å². The van der Waals surface area contributed by atoms with Crippen molar-refractivity contribution in [3.8, 4) is 11.3 Å². The molecular weight excluding hydrogens is 308 g/mol. The first-order chi connectivity index (χ1) is 11.6. The van der Waals surface area contributed by atoms with Gasteiger partial charge in [0.05, 0.1) is 6.33 Å². The number of rotatable bonds is 3. The topological polar surface area (TPSA) is 91.2 Å². The molecule has 0 aliphatic rings. The van der Waals surface area contributed by atoms with Gasteiger partial charge in [0, 0.05) is 11.6 Å². The molecule has 24 heavy (non-hydrogen) atoms. The van der Waals surface area contributed by atoms with Crippen molar-refractivity contribution in [1.29, 1.82) is 0 Å². The molecule has 0 atom stereocenters. The number of benzene rings is 1. The lowest BCUT2D eigenvalue weighted by Gasteiger charge is -2.05. The van der Waals surface area contributed by atoms with Crippen LogP contribution in [0.2, 0.25) is 0 Å². The van der Waals surface area contributed by atoms with Crippen LogP contribution >= 0.6 is 0 Å². The predicted octanol–water partition coefficient (Wildman–Crippen LogP) is 3.24. The molecule has 3 heterocycles. The number of aromatic nitrogens is 5. The van der Waals surface area contributed by atoms with Gasteiger partial charge in [-0.1, -0.05) is 30.3 Å². The van der Waals surface area contributed by atoms with Gasteiger partial charge in [0.25, 0.3) is 5.65 Å². The van der Waals surface area contributed by atoms with Crippen LogP contribution < -0.4 is 0 Å². The van der Waals surface area contributed by atoms with Crippen molar-refractivity contribution >= 4 is 22.6 Å². The maximum atomic E-state index is 11.6. The second-order valence-electron chi connectivity index (χ2n) is 5.76. The van der Waals surface area contributed by atoms with E-state index in [1.54, 1.807) is 18.5 Å². The molecule has 8 heteroatoms. The highest BCUT2D eigenvalue weighted by molar-refractivity contribution is 5.89. The van der Waals surface area contributed by atoms with Crippen LogP contribution in [-0.2, 0) is 0 Å². The fourth-order valence-electron chi connectivity index (χ4n) is 2.80. The Morgan fingerprint density at radius 2 is 1.83 bits per heavy atom. The van der Waals surface area contributed by atoms with Gasteiger partial charge >= 0.3 is 5.82 Å². The first kappa shape index (κ1) is 14.3. The molecule has 4 aromatic rings. The number of fused-ring (bicyclic) bond motifs is 3. The van der Waals surface area contributed by atoms with Crippen LogP contribution in [0.4, 0.5) is 5.82 Å². The Kier molecular flexibility index (Phi) is 3.05. The van der Waals surface area contributed by atoms with E-state index in [1.807, 2.05) is 36.6 Å². The molecular formula is C16H14N6O2. The first-order valence-corrected chi connectivity index (χ1v) is 7.51. The normalized spacial score (nSPS) is 11.6. The fourth-order valence-corrected chi connectivity index (χ4v) is 2.80. The third-order valence-electron chi connectivity index (χ3n) is 3.94. The molecule has 0 unspecified atom stereocenters. The van der Waals surface area contributed by atoms with Gasteiger partial charge in [-0.25, -0.2) is 4.98 Å². The van der Waals surface area contributed by atoms with Crippen LogP contribution in [0.15, 0.2) is 43.0 Å². The highest BCUT2D eigenvalue weighted by Gasteiger charge is 2.27. The molecule has 3 aromatic heterocycles. The van der Waals surface area contributed by atoms with Gasteiger partial charge in [0.15, 0.2) is 23.2 Å². The maximum absolute atomic E-state index is 11.6. The number of nitro groups is 1. The van der Waals surface area contributed by atoms with Crippen molar-refractivity contribution in [2.24, 2.45) is 0 Å². The van der Waals surface area contributed by atoms with Crippen molar-refractivity contribution in [2.45, 2.75) is 19.9 Å². The largest absolute Gasteiger partial charge is 0.358 e. The summed E-state index contributed by atoms with van der Waals surface area (Å²) in [5.74, 6) is -0.107. The lowest BCUT2D eigenvalue weighted by Crippen LogP contribution is -2.01. The van der Waals surface area contributed by atoms with Gasteiger partial charge in [-0.2, -0.15) is 14.4 Å². The minimum Gasteiger partial charge on any atom is -0.358 e. The Balaban J connectivity index is 2.09. The Morgan fingerprint density at radius 1 is 1.08 bits per heavy atom. The lowest BCUT2D eigenvalue weighted by molar-refractivity contribution is -0.389. The second-order valence-corrected chi connectivity index (χ2v) is 5.76. The van der Waals surface area contributed by atoms with E-state index < -0.39 is 4.92 Å². The summed E-state index contributed by atoms with van der Waals surface area (Å²) in [6.07, 6.45) is 3.13. The Hall–Kier alpha value is -3.29. The summed E-state index contributed by atoms with van der Waals surface area (Å²) in [7, 11) is 0. The molecule has 0 N–H and O–H groups in total. The molecule has 0 fully saturated rings. The molecule has 0 bridgehead atoms. The summed E-state index contributed by atoms with van der Waals surface area (Å²) in [6, 6.07) is 9.28. The van der Waals surface area contributed by atoms with E-state index in [0.29, 0.717) is 28.1 Å². The summed E-state index contributed by atoms with van der Waals surface area (Å²) in [5.41, 5.74) is 2.65. The third kappa shape index (κ3) is 1.96. The number of hydrogen-bond acceptors (Lipinski definition) is 5. The quantitative estimate of drug-likeness (QED) is 0.426. The molecule has 0 spiro atoms. The summed E-state index contributed by atoms with van der Waals surface area (Å²) in [4.78, 5) is 24.4. The second kappa shape index (κ2) is 5.12. The molecule has 4 rings (SSSR count). The van der Waals surface area contributed by atoms with E-state index in [0.717, 1.165) is 0 Å². The first-order valence-electron chi connectivity index (χ1n) is 7.51. The van der Waals surface area contributed by atoms with Crippen molar-refractivity contribution in [3.63, 3.8) is 0 Å². The molecule has 0 aliphatic heterocycles. The van der Waals surface area contributed by atoms with E-state index in [1.165, 1.54) is 10.7 Å². The van der Waals surface area contributed by atoms with E-state index in [4.69, 9.17) is 0 Å². The molecule has 0 amide bonds. The molecule has 120 valence electrons. The maximum Gasteiger partial charge on any atom is 0.357 e. The van der Waals surface area contributed by atoms with Crippen LogP contribution in [-0.4, -0.2) is 28.8 Å². The van der Waals surface area contributed by atoms with Crippen LogP contribution in [0, 0.1) is 10.1 Å². The minimum absolute atomic E-state index is 0.107. The van der Waals surface area contributed by atoms with Crippen LogP contribution in [0.5, 0.6) is 0 Å². The van der Waals surface area contributed by atoms with Crippen molar-refractivity contribution in [1.82, 2.24) is 23.9 Å². The minimum atomic E-state index is -0.435. The zero-order chi connectivity index (χ0) is 16.8. The number of nitrogens with zero attached hydrogens (tertiary/aromatic N) is 6.